The minimum atomic E-state index is 1.01. The number of aryl methyl sites for hydroxylation is 1. The van der Waals surface area contributed by atoms with Crippen LogP contribution in [0.4, 0.5) is 0 Å². The summed E-state index contributed by atoms with van der Waals surface area (Å²) in [5.41, 5.74) is 3.56. The smallest absolute Gasteiger partial charge is 0.0249 e. The Balaban J connectivity index is 2.82. The second-order valence-electron chi connectivity index (χ2n) is 3.28. The highest BCUT2D eigenvalue weighted by atomic mass is 13.9. The molecule has 0 unspecified atom stereocenters. The lowest BCUT2D eigenvalue weighted by atomic mass is 10.1. The van der Waals surface area contributed by atoms with Gasteiger partial charge in [0.2, 0.25) is 0 Å². The van der Waals surface area contributed by atoms with Gasteiger partial charge in [0.25, 0.3) is 0 Å². The molecule has 0 radical (unpaired) electrons. The summed E-state index contributed by atoms with van der Waals surface area (Å²) in [7, 11) is 0. The van der Waals surface area contributed by atoms with Crippen LogP contribution in [-0.2, 0) is 0 Å². The molecule has 0 saturated carbocycles. The molecule has 0 heterocycles. The highest BCUT2D eigenvalue weighted by Gasteiger charge is 1.87. The van der Waals surface area contributed by atoms with Crippen molar-refractivity contribution in [2.24, 2.45) is 0 Å². The van der Waals surface area contributed by atoms with E-state index < -0.39 is 0 Å². The SMILES string of the molecule is CC=C(C#Cc1ccc(C)cc1)CC. The quantitative estimate of drug-likeness (QED) is 0.584. The molecule has 1 rings (SSSR count). The van der Waals surface area contributed by atoms with E-state index >= 15 is 0 Å². The van der Waals surface area contributed by atoms with Crippen molar-refractivity contribution in [3.8, 4) is 11.8 Å². The fraction of sp³-hybridized carbons (Fsp3) is 0.286. The maximum absolute atomic E-state index is 3.17. The lowest BCUT2D eigenvalue weighted by molar-refractivity contribution is 1.16. The molecule has 0 fully saturated rings. The van der Waals surface area contributed by atoms with E-state index in [9.17, 15) is 0 Å². The Kier molecular flexibility index (Phi) is 4.01. The maximum atomic E-state index is 3.17. The molecule has 0 amide bonds. The Hall–Kier alpha value is -1.48. The minimum Gasteiger partial charge on any atom is -0.0761 e. The van der Waals surface area contributed by atoms with E-state index in [-0.39, 0.29) is 0 Å². The molecule has 0 nitrogen and oxygen atoms in total. The second kappa shape index (κ2) is 5.29. The Labute approximate surface area is 86.7 Å². The summed E-state index contributed by atoms with van der Waals surface area (Å²) in [6.45, 7) is 6.24. The first-order valence-corrected chi connectivity index (χ1v) is 5.00. The summed E-state index contributed by atoms with van der Waals surface area (Å²) in [5, 5.41) is 0. The van der Waals surface area contributed by atoms with Crippen LogP contribution in [0.5, 0.6) is 0 Å². The van der Waals surface area contributed by atoms with Gasteiger partial charge < -0.3 is 0 Å². The second-order valence-corrected chi connectivity index (χ2v) is 3.28. The van der Waals surface area contributed by atoms with Crippen molar-refractivity contribution in [1.29, 1.82) is 0 Å². The summed E-state index contributed by atoms with van der Waals surface area (Å²) < 4.78 is 0. The zero-order valence-corrected chi connectivity index (χ0v) is 9.09. The van der Waals surface area contributed by atoms with Crippen molar-refractivity contribution < 1.29 is 0 Å². The van der Waals surface area contributed by atoms with Gasteiger partial charge in [-0.15, -0.1) is 0 Å². The predicted molar refractivity (Wildman–Crippen MR) is 62.1 cm³/mol. The summed E-state index contributed by atoms with van der Waals surface area (Å²) in [6.07, 6.45) is 3.08. The van der Waals surface area contributed by atoms with Crippen molar-refractivity contribution >= 4 is 0 Å². The first kappa shape index (κ1) is 10.6. The summed E-state index contributed by atoms with van der Waals surface area (Å²) in [6, 6.07) is 8.30. The van der Waals surface area contributed by atoms with E-state index in [0.717, 1.165) is 12.0 Å². The monoisotopic (exact) mass is 184 g/mol. The molecule has 0 aliphatic heterocycles. The van der Waals surface area contributed by atoms with Crippen molar-refractivity contribution in [1.82, 2.24) is 0 Å². The molecule has 0 bridgehead atoms. The predicted octanol–water partition coefficient (Wildman–Crippen LogP) is 3.70. The first-order chi connectivity index (χ1) is 6.76. The zero-order chi connectivity index (χ0) is 10.4. The van der Waals surface area contributed by atoms with Gasteiger partial charge >= 0.3 is 0 Å². The third-order valence-electron chi connectivity index (χ3n) is 2.15. The van der Waals surface area contributed by atoms with Crippen LogP contribution >= 0.6 is 0 Å². The molecule has 0 atom stereocenters. The lowest BCUT2D eigenvalue weighted by Crippen LogP contribution is -1.77. The topological polar surface area (TPSA) is 0 Å². The molecular formula is C14H16. The van der Waals surface area contributed by atoms with Gasteiger partial charge in [-0.1, -0.05) is 42.5 Å². The lowest BCUT2D eigenvalue weighted by Gasteiger charge is -1.92. The number of rotatable bonds is 1. The Bertz CT molecular complexity index is 369. The molecule has 0 N–H and O–H groups in total. The Morgan fingerprint density at radius 2 is 1.93 bits per heavy atom. The fourth-order valence-corrected chi connectivity index (χ4v) is 1.15. The van der Waals surface area contributed by atoms with E-state index in [2.05, 4.69) is 56.0 Å². The third-order valence-corrected chi connectivity index (χ3v) is 2.15. The van der Waals surface area contributed by atoms with E-state index in [1.807, 2.05) is 6.92 Å². The number of allylic oxidation sites excluding steroid dienone is 2. The largest absolute Gasteiger partial charge is 0.0761 e. The third kappa shape index (κ3) is 3.11. The molecule has 0 heteroatoms. The van der Waals surface area contributed by atoms with Crippen molar-refractivity contribution in [3.05, 3.63) is 47.0 Å². The number of hydrogen-bond acceptors (Lipinski definition) is 0. The Morgan fingerprint density at radius 3 is 2.43 bits per heavy atom. The van der Waals surface area contributed by atoms with Gasteiger partial charge in [-0.25, -0.2) is 0 Å². The molecule has 72 valence electrons. The van der Waals surface area contributed by atoms with Crippen LogP contribution in [0.3, 0.4) is 0 Å². The molecule has 0 aliphatic carbocycles. The highest BCUT2D eigenvalue weighted by molar-refractivity contribution is 5.41. The Morgan fingerprint density at radius 1 is 1.29 bits per heavy atom. The van der Waals surface area contributed by atoms with Crippen LogP contribution in [0.1, 0.15) is 31.4 Å². The van der Waals surface area contributed by atoms with Gasteiger partial charge in [0.15, 0.2) is 0 Å². The van der Waals surface area contributed by atoms with Crippen LogP contribution in [-0.4, -0.2) is 0 Å². The van der Waals surface area contributed by atoms with Crippen LogP contribution in [0, 0.1) is 18.8 Å². The average Bonchev–Trinajstić information content (AvgIpc) is 2.22. The van der Waals surface area contributed by atoms with E-state index in [0.29, 0.717) is 0 Å². The van der Waals surface area contributed by atoms with Crippen LogP contribution < -0.4 is 0 Å². The van der Waals surface area contributed by atoms with Crippen molar-refractivity contribution in [3.63, 3.8) is 0 Å². The maximum Gasteiger partial charge on any atom is 0.0249 e. The zero-order valence-electron chi connectivity index (χ0n) is 9.09. The summed E-state index contributed by atoms with van der Waals surface area (Å²) in [4.78, 5) is 0. The first-order valence-electron chi connectivity index (χ1n) is 5.00. The van der Waals surface area contributed by atoms with E-state index in [1.54, 1.807) is 0 Å². The summed E-state index contributed by atoms with van der Waals surface area (Å²) in [5.74, 6) is 6.32. The van der Waals surface area contributed by atoms with E-state index in [1.165, 1.54) is 11.1 Å². The molecule has 1 aromatic carbocycles. The number of benzene rings is 1. The van der Waals surface area contributed by atoms with Gasteiger partial charge in [0.05, 0.1) is 0 Å². The molecule has 1 aromatic rings. The summed E-state index contributed by atoms with van der Waals surface area (Å²) >= 11 is 0. The van der Waals surface area contributed by atoms with Crippen LogP contribution in [0.2, 0.25) is 0 Å². The average molecular weight is 184 g/mol. The number of hydrogen-bond donors (Lipinski definition) is 0. The van der Waals surface area contributed by atoms with Crippen molar-refractivity contribution in [2.45, 2.75) is 27.2 Å². The highest BCUT2D eigenvalue weighted by Crippen LogP contribution is 2.02. The van der Waals surface area contributed by atoms with Gasteiger partial charge in [-0.3, -0.25) is 0 Å². The van der Waals surface area contributed by atoms with Gasteiger partial charge in [-0.05, 0) is 38.0 Å². The fourth-order valence-electron chi connectivity index (χ4n) is 1.15. The van der Waals surface area contributed by atoms with Gasteiger partial charge in [0, 0.05) is 5.56 Å². The normalized spacial score (nSPS) is 10.6. The van der Waals surface area contributed by atoms with Crippen LogP contribution in [0.15, 0.2) is 35.9 Å². The molecule has 0 aliphatic rings. The minimum absolute atomic E-state index is 1.01. The standard InChI is InChI=1S/C14H16/c1-4-13(5-2)10-11-14-8-6-12(3)7-9-14/h4,6-9H,5H2,1-3H3. The molecule has 0 saturated heterocycles. The van der Waals surface area contributed by atoms with Gasteiger partial charge in [0.1, 0.15) is 0 Å². The van der Waals surface area contributed by atoms with Gasteiger partial charge in [-0.2, -0.15) is 0 Å². The molecule has 0 spiro atoms. The molecule has 14 heavy (non-hydrogen) atoms. The van der Waals surface area contributed by atoms with Crippen molar-refractivity contribution in [2.75, 3.05) is 0 Å². The molecule has 0 aromatic heterocycles. The molecular weight excluding hydrogens is 168 g/mol. The van der Waals surface area contributed by atoms with E-state index in [4.69, 9.17) is 0 Å². The van der Waals surface area contributed by atoms with Crippen LogP contribution in [0.25, 0.3) is 0 Å².